The number of nitrogens with one attached hydrogen (secondary N) is 1. The third kappa shape index (κ3) is 3.31. The lowest BCUT2D eigenvalue weighted by Gasteiger charge is -2.20. The molecule has 5 heteroatoms. The van der Waals surface area contributed by atoms with Gasteiger partial charge < -0.3 is 5.32 Å². The van der Waals surface area contributed by atoms with Crippen LogP contribution < -0.4 is 5.32 Å². The van der Waals surface area contributed by atoms with Gasteiger partial charge in [-0.2, -0.15) is 0 Å². The summed E-state index contributed by atoms with van der Waals surface area (Å²) in [5.74, 6) is 0.822. The molecule has 0 aromatic carbocycles. The van der Waals surface area contributed by atoms with Crippen LogP contribution in [0.4, 0.5) is 0 Å². The Morgan fingerprint density at radius 1 is 1.33 bits per heavy atom. The van der Waals surface area contributed by atoms with Crippen molar-refractivity contribution in [1.82, 2.24) is 19.9 Å². The fourth-order valence-corrected chi connectivity index (χ4v) is 1.66. The predicted octanol–water partition coefficient (Wildman–Crippen LogP) is 2.81. The van der Waals surface area contributed by atoms with Crippen LogP contribution in [0.5, 0.6) is 0 Å². The van der Waals surface area contributed by atoms with E-state index in [2.05, 4.69) is 36.1 Å². The Morgan fingerprint density at radius 2 is 2.11 bits per heavy atom. The summed E-state index contributed by atoms with van der Waals surface area (Å²) in [6.07, 6.45) is 5.30. The number of halogens is 1. The van der Waals surface area contributed by atoms with Crippen LogP contribution in [0.25, 0.3) is 5.82 Å². The highest BCUT2D eigenvalue weighted by atomic mass is 35.5. The highest BCUT2D eigenvalue weighted by Crippen LogP contribution is 2.17. The maximum absolute atomic E-state index is 6.16. The van der Waals surface area contributed by atoms with Gasteiger partial charge in [0.25, 0.3) is 0 Å². The molecule has 0 atom stereocenters. The lowest BCUT2D eigenvalue weighted by Crippen LogP contribution is -2.35. The van der Waals surface area contributed by atoms with Crippen molar-refractivity contribution in [3.05, 3.63) is 41.6 Å². The van der Waals surface area contributed by atoms with E-state index in [0.717, 1.165) is 11.5 Å². The maximum Gasteiger partial charge on any atom is 0.138 e. The van der Waals surface area contributed by atoms with Crippen LogP contribution in [-0.4, -0.2) is 20.1 Å². The molecule has 0 spiro atoms. The SMILES string of the molecule is CC(C)(C)NCc1nc(-n2ccnc2)ccc1Cl. The van der Waals surface area contributed by atoms with Crippen molar-refractivity contribution in [3.63, 3.8) is 0 Å². The Labute approximate surface area is 112 Å². The van der Waals surface area contributed by atoms with Gasteiger partial charge in [-0.05, 0) is 32.9 Å². The summed E-state index contributed by atoms with van der Waals surface area (Å²) in [4.78, 5) is 8.56. The van der Waals surface area contributed by atoms with Crippen molar-refractivity contribution in [2.45, 2.75) is 32.9 Å². The van der Waals surface area contributed by atoms with E-state index in [1.807, 2.05) is 22.9 Å². The van der Waals surface area contributed by atoms with E-state index in [1.165, 1.54) is 0 Å². The molecule has 1 N–H and O–H groups in total. The third-order valence-electron chi connectivity index (χ3n) is 2.46. The van der Waals surface area contributed by atoms with Crippen LogP contribution in [0.2, 0.25) is 5.02 Å². The molecule has 0 unspecified atom stereocenters. The summed E-state index contributed by atoms with van der Waals surface area (Å²) in [5, 5.41) is 4.06. The van der Waals surface area contributed by atoms with Crippen LogP contribution in [0.1, 0.15) is 26.5 Å². The summed E-state index contributed by atoms with van der Waals surface area (Å²) < 4.78 is 1.86. The summed E-state index contributed by atoms with van der Waals surface area (Å²) in [6, 6.07) is 3.74. The zero-order chi connectivity index (χ0) is 13.2. The number of rotatable bonds is 3. The Morgan fingerprint density at radius 3 is 2.72 bits per heavy atom. The van der Waals surface area contributed by atoms with Crippen molar-refractivity contribution >= 4 is 11.6 Å². The fourth-order valence-electron chi connectivity index (χ4n) is 1.48. The lowest BCUT2D eigenvalue weighted by atomic mass is 10.1. The second-order valence-corrected chi connectivity index (χ2v) is 5.58. The van der Waals surface area contributed by atoms with Crippen molar-refractivity contribution in [2.24, 2.45) is 0 Å². The first-order valence-corrected chi connectivity index (χ1v) is 6.22. The van der Waals surface area contributed by atoms with Gasteiger partial charge in [0.15, 0.2) is 0 Å². The van der Waals surface area contributed by atoms with Gasteiger partial charge in [0, 0.05) is 24.5 Å². The second kappa shape index (κ2) is 5.08. The normalized spacial score (nSPS) is 11.8. The molecule has 4 nitrogen and oxygen atoms in total. The molecule has 0 radical (unpaired) electrons. The minimum absolute atomic E-state index is 0.0377. The highest BCUT2D eigenvalue weighted by Gasteiger charge is 2.11. The van der Waals surface area contributed by atoms with Gasteiger partial charge in [0.1, 0.15) is 12.1 Å². The first-order valence-electron chi connectivity index (χ1n) is 5.84. The topological polar surface area (TPSA) is 42.7 Å². The second-order valence-electron chi connectivity index (χ2n) is 5.17. The number of pyridine rings is 1. The minimum Gasteiger partial charge on any atom is -0.306 e. The molecule has 2 aromatic heterocycles. The number of imidazole rings is 1. The molecule has 0 fully saturated rings. The molecule has 96 valence electrons. The van der Waals surface area contributed by atoms with E-state index >= 15 is 0 Å². The van der Waals surface area contributed by atoms with Gasteiger partial charge >= 0.3 is 0 Å². The highest BCUT2D eigenvalue weighted by molar-refractivity contribution is 6.31. The van der Waals surface area contributed by atoms with Gasteiger partial charge in [0.2, 0.25) is 0 Å². The molecular formula is C13H17ClN4. The standard InChI is InChI=1S/C13H17ClN4/c1-13(2,3)16-8-11-10(14)4-5-12(17-11)18-7-6-15-9-18/h4-7,9,16H,8H2,1-3H3. The van der Waals surface area contributed by atoms with Crippen LogP contribution in [0.3, 0.4) is 0 Å². The molecule has 0 aliphatic rings. The van der Waals surface area contributed by atoms with Gasteiger partial charge in [0.05, 0.1) is 10.7 Å². The van der Waals surface area contributed by atoms with Crippen LogP contribution in [0, 0.1) is 0 Å². The lowest BCUT2D eigenvalue weighted by molar-refractivity contribution is 0.421. The van der Waals surface area contributed by atoms with E-state index in [9.17, 15) is 0 Å². The predicted molar refractivity (Wildman–Crippen MR) is 73.0 cm³/mol. The third-order valence-corrected chi connectivity index (χ3v) is 2.80. The zero-order valence-corrected chi connectivity index (χ0v) is 11.6. The maximum atomic E-state index is 6.16. The van der Waals surface area contributed by atoms with Crippen molar-refractivity contribution < 1.29 is 0 Å². The molecule has 2 heterocycles. The Balaban J connectivity index is 2.22. The number of hydrogen-bond donors (Lipinski definition) is 1. The molecule has 0 amide bonds. The van der Waals surface area contributed by atoms with Crippen LogP contribution >= 0.6 is 11.6 Å². The van der Waals surface area contributed by atoms with Crippen molar-refractivity contribution in [2.75, 3.05) is 0 Å². The van der Waals surface area contributed by atoms with E-state index in [1.54, 1.807) is 12.5 Å². The Hall–Kier alpha value is -1.39. The molecule has 0 bridgehead atoms. The van der Waals surface area contributed by atoms with E-state index in [0.29, 0.717) is 11.6 Å². The summed E-state index contributed by atoms with van der Waals surface area (Å²) in [6.45, 7) is 6.98. The molecule has 2 aromatic rings. The van der Waals surface area contributed by atoms with E-state index in [4.69, 9.17) is 11.6 Å². The fraction of sp³-hybridized carbons (Fsp3) is 0.385. The minimum atomic E-state index is 0.0377. The van der Waals surface area contributed by atoms with E-state index in [-0.39, 0.29) is 5.54 Å². The number of nitrogens with zero attached hydrogens (tertiary/aromatic N) is 3. The van der Waals surface area contributed by atoms with Gasteiger partial charge in [-0.25, -0.2) is 9.97 Å². The van der Waals surface area contributed by atoms with Crippen molar-refractivity contribution in [3.8, 4) is 5.82 Å². The number of aromatic nitrogens is 3. The molecule has 0 aliphatic heterocycles. The summed E-state index contributed by atoms with van der Waals surface area (Å²) in [5.41, 5.74) is 0.883. The Bertz CT molecular complexity index is 514. The Kier molecular flexibility index (Phi) is 3.68. The van der Waals surface area contributed by atoms with Crippen molar-refractivity contribution in [1.29, 1.82) is 0 Å². The smallest absolute Gasteiger partial charge is 0.138 e. The van der Waals surface area contributed by atoms with Crippen LogP contribution in [0.15, 0.2) is 30.9 Å². The van der Waals surface area contributed by atoms with Gasteiger partial charge in [-0.3, -0.25) is 4.57 Å². The first kappa shape index (κ1) is 13.1. The zero-order valence-electron chi connectivity index (χ0n) is 10.8. The van der Waals surface area contributed by atoms with Gasteiger partial charge in [-0.1, -0.05) is 11.6 Å². The first-order chi connectivity index (χ1) is 8.46. The van der Waals surface area contributed by atoms with E-state index < -0.39 is 0 Å². The molecule has 2 rings (SSSR count). The quantitative estimate of drug-likeness (QED) is 0.927. The largest absolute Gasteiger partial charge is 0.306 e. The van der Waals surface area contributed by atoms with Gasteiger partial charge in [-0.15, -0.1) is 0 Å². The average Bonchev–Trinajstić information content (AvgIpc) is 2.80. The molecule has 0 aliphatic carbocycles. The molecule has 0 saturated heterocycles. The number of hydrogen-bond acceptors (Lipinski definition) is 3. The monoisotopic (exact) mass is 264 g/mol. The molecule has 0 saturated carbocycles. The average molecular weight is 265 g/mol. The molecular weight excluding hydrogens is 248 g/mol. The van der Waals surface area contributed by atoms with Crippen LogP contribution in [-0.2, 0) is 6.54 Å². The summed E-state index contributed by atoms with van der Waals surface area (Å²) in [7, 11) is 0. The summed E-state index contributed by atoms with van der Waals surface area (Å²) >= 11 is 6.16. The molecule has 18 heavy (non-hydrogen) atoms.